The molecule has 4 rings (SSSR count). The molecule has 0 N–H and O–H groups in total. The van der Waals surface area contributed by atoms with E-state index in [2.05, 4.69) is 55.2 Å². The third-order valence-corrected chi connectivity index (χ3v) is 6.33. The van der Waals surface area contributed by atoms with Crippen LogP contribution in [-0.2, 0) is 5.41 Å². The first-order valence-corrected chi connectivity index (χ1v) is 11.8. The van der Waals surface area contributed by atoms with Crippen LogP contribution in [0.3, 0.4) is 0 Å². The van der Waals surface area contributed by atoms with Crippen LogP contribution >= 0.6 is 11.8 Å². The second-order valence-corrected chi connectivity index (χ2v) is 9.69. The van der Waals surface area contributed by atoms with E-state index in [0.717, 1.165) is 22.8 Å². The number of thioether (sulfide) groups is 1. The molecule has 168 valence electrons. The molecule has 0 bridgehead atoms. The minimum atomic E-state index is 0.0564. The van der Waals surface area contributed by atoms with Crippen molar-refractivity contribution >= 4 is 17.5 Å². The van der Waals surface area contributed by atoms with Crippen molar-refractivity contribution < 1.29 is 9.53 Å². The Kier molecular flexibility index (Phi) is 6.65. The first-order chi connectivity index (χ1) is 15.9. The van der Waals surface area contributed by atoms with Gasteiger partial charge in [0.1, 0.15) is 5.75 Å². The molecule has 0 amide bonds. The number of hydrogen-bond acceptors (Lipinski definition) is 5. The summed E-state index contributed by atoms with van der Waals surface area (Å²) in [7, 11) is 1.65. The zero-order valence-corrected chi connectivity index (χ0v) is 20.1. The standard InChI is InChI=1S/C27H27N3O2S/c1-27(2,3)21-12-10-20(11-13-21)25-28-29-26(30(25)22-14-16-23(32-4)17-15-22)33-18-24(31)19-8-6-5-7-9-19/h5-17H,18H2,1-4H3. The number of rotatable bonds is 7. The SMILES string of the molecule is COc1ccc(-n2c(SCC(=O)c3ccccc3)nnc2-c2ccc(C(C)(C)C)cc2)cc1. The molecule has 4 aromatic rings. The van der Waals surface area contributed by atoms with Gasteiger partial charge in [0.05, 0.1) is 12.9 Å². The monoisotopic (exact) mass is 457 g/mol. The Morgan fingerprint density at radius 1 is 0.909 bits per heavy atom. The lowest BCUT2D eigenvalue weighted by Crippen LogP contribution is -2.10. The van der Waals surface area contributed by atoms with Crippen molar-refractivity contribution in [2.24, 2.45) is 0 Å². The summed E-state index contributed by atoms with van der Waals surface area (Å²) < 4.78 is 7.31. The van der Waals surface area contributed by atoms with Crippen molar-refractivity contribution in [3.8, 4) is 22.8 Å². The Bertz CT molecular complexity index is 1230. The fourth-order valence-electron chi connectivity index (χ4n) is 3.47. The van der Waals surface area contributed by atoms with Crippen molar-refractivity contribution in [2.45, 2.75) is 31.3 Å². The van der Waals surface area contributed by atoms with Gasteiger partial charge < -0.3 is 4.74 Å². The van der Waals surface area contributed by atoms with Crippen LogP contribution in [0.2, 0.25) is 0 Å². The number of benzene rings is 3. The van der Waals surface area contributed by atoms with E-state index in [-0.39, 0.29) is 17.0 Å². The third-order valence-electron chi connectivity index (χ3n) is 5.40. The van der Waals surface area contributed by atoms with Gasteiger partial charge in [0.15, 0.2) is 16.8 Å². The van der Waals surface area contributed by atoms with E-state index in [1.165, 1.54) is 17.3 Å². The number of Topliss-reactive ketones (excluding diaryl/α,β-unsaturated/α-hetero) is 1. The summed E-state index contributed by atoms with van der Waals surface area (Å²) in [5.41, 5.74) is 3.89. The quantitative estimate of drug-likeness (QED) is 0.244. The van der Waals surface area contributed by atoms with Gasteiger partial charge in [-0.15, -0.1) is 10.2 Å². The highest BCUT2D eigenvalue weighted by Gasteiger charge is 2.19. The second kappa shape index (κ2) is 9.63. The fourth-order valence-corrected chi connectivity index (χ4v) is 4.32. The van der Waals surface area contributed by atoms with Crippen molar-refractivity contribution in [2.75, 3.05) is 12.9 Å². The highest BCUT2D eigenvalue weighted by Crippen LogP contribution is 2.31. The predicted molar refractivity (Wildman–Crippen MR) is 134 cm³/mol. The molecular formula is C27H27N3O2S. The van der Waals surface area contributed by atoms with Gasteiger partial charge in [-0.1, -0.05) is 87.1 Å². The highest BCUT2D eigenvalue weighted by molar-refractivity contribution is 7.99. The molecule has 0 saturated carbocycles. The molecule has 5 nitrogen and oxygen atoms in total. The Hall–Kier alpha value is -3.38. The van der Waals surface area contributed by atoms with Gasteiger partial charge in [0.2, 0.25) is 0 Å². The summed E-state index contributed by atoms with van der Waals surface area (Å²) in [6.07, 6.45) is 0. The van der Waals surface area contributed by atoms with Crippen molar-refractivity contribution in [1.82, 2.24) is 14.8 Å². The molecule has 6 heteroatoms. The summed E-state index contributed by atoms with van der Waals surface area (Å²) in [6.45, 7) is 6.58. The topological polar surface area (TPSA) is 57.0 Å². The van der Waals surface area contributed by atoms with Crippen LogP contribution in [0.15, 0.2) is 84.0 Å². The Balaban J connectivity index is 1.69. The minimum Gasteiger partial charge on any atom is -0.497 e. The summed E-state index contributed by atoms with van der Waals surface area (Å²) in [5.74, 6) is 1.84. The summed E-state index contributed by atoms with van der Waals surface area (Å²) in [4.78, 5) is 12.7. The maximum atomic E-state index is 12.7. The smallest absolute Gasteiger partial charge is 0.196 e. The van der Waals surface area contributed by atoms with Crippen molar-refractivity contribution in [3.63, 3.8) is 0 Å². The molecule has 0 radical (unpaired) electrons. The predicted octanol–water partition coefficient (Wildman–Crippen LogP) is 6.22. The van der Waals surface area contributed by atoms with Gasteiger partial charge in [-0.2, -0.15) is 0 Å². The lowest BCUT2D eigenvalue weighted by molar-refractivity contribution is 0.102. The van der Waals surface area contributed by atoms with Crippen molar-refractivity contribution in [3.05, 3.63) is 90.0 Å². The minimum absolute atomic E-state index is 0.0564. The van der Waals surface area contributed by atoms with E-state index in [1.54, 1.807) is 7.11 Å². The zero-order chi connectivity index (χ0) is 23.4. The normalized spacial score (nSPS) is 11.4. The molecule has 3 aromatic carbocycles. The van der Waals surface area contributed by atoms with Gasteiger partial charge in [0, 0.05) is 16.8 Å². The first kappa shape index (κ1) is 22.8. The van der Waals surface area contributed by atoms with Crippen LogP contribution < -0.4 is 4.74 Å². The number of hydrogen-bond donors (Lipinski definition) is 0. The maximum Gasteiger partial charge on any atom is 0.196 e. The van der Waals surface area contributed by atoms with E-state index in [1.807, 2.05) is 59.2 Å². The number of aromatic nitrogens is 3. The van der Waals surface area contributed by atoms with E-state index in [4.69, 9.17) is 4.74 Å². The third kappa shape index (κ3) is 5.17. The molecule has 0 saturated heterocycles. The highest BCUT2D eigenvalue weighted by atomic mass is 32.2. The summed E-state index contributed by atoms with van der Waals surface area (Å²) in [5, 5.41) is 9.60. The Morgan fingerprint density at radius 3 is 2.18 bits per heavy atom. The van der Waals surface area contributed by atoms with E-state index in [9.17, 15) is 4.79 Å². The van der Waals surface area contributed by atoms with Crippen LogP contribution in [0.5, 0.6) is 5.75 Å². The van der Waals surface area contributed by atoms with Crippen LogP contribution in [0.1, 0.15) is 36.7 Å². The lowest BCUT2D eigenvalue weighted by atomic mass is 9.87. The molecule has 1 aromatic heterocycles. The van der Waals surface area contributed by atoms with E-state index >= 15 is 0 Å². The molecule has 0 spiro atoms. The number of ketones is 1. The average molecular weight is 458 g/mol. The summed E-state index contributed by atoms with van der Waals surface area (Å²) >= 11 is 1.39. The van der Waals surface area contributed by atoms with Crippen LogP contribution in [0, 0.1) is 0 Å². The zero-order valence-electron chi connectivity index (χ0n) is 19.3. The van der Waals surface area contributed by atoms with Gasteiger partial charge in [-0.25, -0.2) is 0 Å². The first-order valence-electron chi connectivity index (χ1n) is 10.8. The number of ether oxygens (including phenoxy) is 1. The van der Waals surface area contributed by atoms with Gasteiger partial charge in [-0.05, 0) is 35.2 Å². The lowest BCUT2D eigenvalue weighted by Gasteiger charge is -2.19. The van der Waals surface area contributed by atoms with Crippen molar-refractivity contribution in [1.29, 1.82) is 0 Å². The van der Waals surface area contributed by atoms with Gasteiger partial charge >= 0.3 is 0 Å². The molecule has 0 atom stereocenters. The molecule has 33 heavy (non-hydrogen) atoms. The molecular weight excluding hydrogens is 430 g/mol. The number of carbonyl (C=O) groups excluding carboxylic acids is 1. The number of methoxy groups -OCH3 is 1. The van der Waals surface area contributed by atoms with Gasteiger partial charge in [-0.3, -0.25) is 9.36 Å². The molecule has 1 heterocycles. The molecule has 0 aliphatic heterocycles. The maximum absolute atomic E-state index is 12.7. The molecule has 0 aliphatic rings. The Labute approximate surface area is 198 Å². The summed E-state index contributed by atoms with van der Waals surface area (Å²) in [6, 6.07) is 25.5. The largest absolute Gasteiger partial charge is 0.497 e. The van der Waals surface area contributed by atoms with Crippen LogP contribution in [0.4, 0.5) is 0 Å². The molecule has 0 unspecified atom stereocenters. The van der Waals surface area contributed by atoms with Gasteiger partial charge in [0.25, 0.3) is 0 Å². The Morgan fingerprint density at radius 2 is 1.58 bits per heavy atom. The second-order valence-electron chi connectivity index (χ2n) is 8.74. The van der Waals surface area contributed by atoms with Crippen LogP contribution in [0.25, 0.3) is 17.1 Å². The van der Waals surface area contributed by atoms with Crippen LogP contribution in [-0.4, -0.2) is 33.4 Å². The molecule has 0 fully saturated rings. The van der Waals surface area contributed by atoms with E-state index in [0.29, 0.717) is 10.7 Å². The fraction of sp³-hybridized carbons (Fsp3) is 0.222. The van der Waals surface area contributed by atoms with E-state index < -0.39 is 0 Å². The number of carbonyl (C=O) groups is 1. The average Bonchev–Trinajstić information content (AvgIpc) is 3.26. The number of nitrogens with zero attached hydrogens (tertiary/aromatic N) is 3. The molecule has 0 aliphatic carbocycles.